The van der Waals surface area contributed by atoms with E-state index in [-0.39, 0.29) is 5.91 Å². The molecule has 0 atom stereocenters. The van der Waals surface area contributed by atoms with Crippen molar-refractivity contribution in [3.63, 3.8) is 0 Å². The highest BCUT2D eigenvalue weighted by Gasteiger charge is 2.19. The molecule has 0 aliphatic carbocycles. The number of carbonyl (C=O) groups is 1. The number of hydrogen-bond acceptors (Lipinski definition) is 5. The lowest BCUT2D eigenvalue weighted by molar-refractivity contribution is -0.114. The molecule has 1 aliphatic heterocycles. The Morgan fingerprint density at radius 1 is 1.04 bits per heavy atom. The molecule has 0 radical (unpaired) electrons. The van der Waals surface area contributed by atoms with Crippen molar-refractivity contribution in [2.75, 3.05) is 22.1 Å². The second-order valence-electron chi connectivity index (χ2n) is 6.96. The topological polar surface area (TPSA) is 70.2 Å². The van der Waals surface area contributed by atoms with Crippen LogP contribution in [0.25, 0.3) is 0 Å². The molecule has 0 fully saturated rings. The van der Waals surface area contributed by atoms with Gasteiger partial charge in [0.1, 0.15) is 5.82 Å². The van der Waals surface area contributed by atoms with Gasteiger partial charge >= 0.3 is 0 Å². The average molecular weight is 373 g/mol. The van der Waals surface area contributed by atoms with Gasteiger partial charge in [0.25, 0.3) is 0 Å². The van der Waals surface area contributed by atoms with Crippen LogP contribution in [0.4, 0.5) is 28.8 Å². The van der Waals surface area contributed by atoms with E-state index in [9.17, 15) is 4.79 Å². The minimum absolute atomic E-state index is 0.102. The van der Waals surface area contributed by atoms with Gasteiger partial charge in [-0.05, 0) is 49.6 Å². The normalized spacial score (nSPS) is 13.0. The van der Waals surface area contributed by atoms with Crippen LogP contribution >= 0.6 is 0 Å². The third kappa shape index (κ3) is 3.96. The van der Waals surface area contributed by atoms with Gasteiger partial charge in [-0.2, -0.15) is 4.98 Å². The van der Waals surface area contributed by atoms with Crippen LogP contribution < -0.4 is 15.5 Å². The molecule has 0 spiro atoms. The number of rotatable bonds is 4. The SMILES string of the molecule is CC(=O)Nc1cccc(Nc2nc(C)cc(N3CCCc4ccccc43)n2)c1. The zero-order chi connectivity index (χ0) is 19.5. The van der Waals surface area contributed by atoms with Crippen molar-refractivity contribution in [3.05, 3.63) is 65.9 Å². The molecule has 0 unspecified atom stereocenters. The van der Waals surface area contributed by atoms with E-state index in [2.05, 4.69) is 44.8 Å². The molecule has 2 N–H and O–H groups in total. The van der Waals surface area contributed by atoms with Gasteiger partial charge in [0.15, 0.2) is 0 Å². The molecule has 1 amide bonds. The number of aromatic nitrogens is 2. The fourth-order valence-electron chi connectivity index (χ4n) is 3.52. The summed E-state index contributed by atoms with van der Waals surface area (Å²) in [5.74, 6) is 1.33. The van der Waals surface area contributed by atoms with Crippen LogP contribution in [0.3, 0.4) is 0 Å². The second kappa shape index (κ2) is 7.68. The molecule has 3 aromatic rings. The first kappa shape index (κ1) is 18.0. The summed E-state index contributed by atoms with van der Waals surface area (Å²) in [6.07, 6.45) is 2.19. The first-order chi connectivity index (χ1) is 13.6. The average Bonchev–Trinajstić information content (AvgIpc) is 2.67. The molecule has 2 heterocycles. The number of benzene rings is 2. The van der Waals surface area contributed by atoms with E-state index in [0.29, 0.717) is 5.95 Å². The number of fused-ring (bicyclic) bond motifs is 1. The predicted octanol–water partition coefficient (Wildman–Crippen LogP) is 4.57. The Morgan fingerprint density at radius 3 is 2.71 bits per heavy atom. The molecule has 2 aromatic carbocycles. The van der Waals surface area contributed by atoms with E-state index in [1.54, 1.807) is 0 Å². The minimum atomic E-state index is -0.102. The van der Waals surface area contributed by atoms with Gasteiger partial charge in [0.2, 0.25) is 11.9 Å². The van der Waals surface area contributed by atoms with Crippen LogP contribution in [-0.4, -0.2) is 22.4 Å². The third-order valence-corrected chi connectivity index (χ3v) is 4.67. The molecule has 6 heteroatoms. The minimum Gasteiger partial charge on any atom is -0.326 e. The number of anilines is 5. The summed E-state index contributed by atoms with van der Waals surface area (Å²) in [6, 6.07) is 18.0. The number of amides is 1. The Bertz CT molecular complexity index is 1020. The van der Waals surface area contributed by atoms with Crippen LogP contribution in [0.5, 0.6) is 0 Å². The van der Waals surface area contributed by atoms with Gasteiger partial charge in [0.05, 0.1) is 0 Å². The molecule has 6 nitrogen and oxygen atoms in total. The number of nitrogens with zero attached hydrogens (tertiary/aromatic N) is 3. The summed E-state index contributed by atoms with van der Waals surface area (Å²) in [4.78, 5) is 22.8. The quantitative estimate of drug-likeness (QED) is 0.701. The van der Waals surface area contributed by atoms with E-state index in [1.807, 2.05) is 37.3 Å². The van der Waals surface area contributed by atoms with Crippen molar-refractivity contribution in [1.29, 1.82) is 0 Å². The van der Waals surface area contributed by atoms with Crippen LogP contribution in [0.1, 0.15) is 24.6 Å². The predicted molar refractivity (Wildman–Crippen MR) is 113 cm³/mol. The fourth-order valence-corrected chi connectivity index (χ4v) is 3.52. The van der Waals surface area contributed by atoms with Gasteiger partial charge in [-0.1, -0.05) is 24.3 Å². The molecule has 4 rings (SSSR count). The summed E-state index contributed by atoms with van der Waals surface area (Å²) in [5, 5.41) is 6.05. The van der Waals surface area contributed by atoms with E-state index < -0.39 is 0 Å². The Kier molecular flexibility index (Phi) is 4.93. The molecular formula is C22H23N5O. The number of carbonyl (C=O) groups excluding carboxylic acids is 1. The lowest BCUT2D eigenvalue weighted by Gasteiger charge is -2.30. The van der Waals surface area contributed by atoms with Crippen LogP contribution in [0.2, 0.25) is 0 Å². The summed E-state index contributed by atoms with van der Waals surface area (Å²) in [6.45, 7) is 4.40. The van der Waals surface area contributed by atoms with Gasteiger partial charge in [-0.3, -0.25) is 4.79 Å². The van der Waals surface area contributed by atoms with Crippen molar-refractivity contribution in [2.45, 2.75) is 26.7 Å². The number of hydrogen-bond donors (Lipinski definition) is 2. The highest BCUT2D eigenvalue weighted by atomic mass is 16.1. The van der Waals surface area contributed by atoms with Crippen molar-refractivity contribution in [1.82, 2.24) is 9.97 Å². The third-order valence-electron chi connectivity index (χ3n) is 4.67. The monoisotopic (exact) mass is 373 g/mol. The lowest BCUT2D eigenvalue weighted by Crippen LogP contribution is -2.25. The van der Waals surface area contributed by atoms with Crippen molar-refractivity contribution in [3.8, 4) is 0 Å². The zero-order valence-corrected chi connectivity index (χ0v) is 16.1. The van der Waals surface area contributed by atoms with Gasteiger partial charge in [-0.25, -0.2) is 4.98 Å². The number of aryl methyl sites for hydroxylation is 2. The van der Waals surface area contributed by atoms with E-state index >= 15 is 0 Å². The number of para-hydroxylation sites is 1. The van der Waals surface area contributed by atoms with Crippen molar-refractivity contribution < 1.29 is 4.79 Å². The largest absolute Gasteiger partial charge is 0.326 e. The van der Waals surface area contributed by atoms with Gasteiger partial charge in [0, 0.05) is 42.3 Å². The number of nitrogens with one attached hydrogen (secondary N) is 2. The Balaban J connectivity index is 1.63. The van der Waals surface area contributed by atoms with Crippen LogP contribution in [0, 0.1) is 6.92 Å². The fraction of sp³-hybridized carbons (Fsp3) is 0.227. The summed E-state index contributed by atoms with van der Waals surface area (Å²) in [7, 11) is 0. The van der Waals surface area contributed by atoms with Crippen LogP contribution in [-0.2, 0) is 11.2 Å². The molecule has 0 saturated carbocycles. The molecule has 1 aliphatic rings. The second-order valence-corrected chi connectivity index (χ2v) is 6.96. The summed E-state index contributed by atoms with van der Waals surface area (Å²) in [5.41, 5.74) is 5.01. The molecule has 142 valence electrons. The van der Waals surface area contributed by atoms with Crippen molar-refractivity contribution in [2.24, 2.45) is 0 Å². The lowest BCUT2D eigenvalue weighted by atomic mass is 10.0. The Morgan fingerprint density at radius 2 is 1.86 bits per heavy atom. The van der Waals surface area contributed by atoms with Crippen molar-refractivity contribution >= 4 is 34.7 Å². The highest BCUT2D eigenvalue weighted by Crippen LogP contribution is 2.33. The first-order valence-electron chi connectivity index (χ1n) is 9.44. The standard InChI is InChI=1S/C22H23N5O/c1-15-13-21(27-12-6-8-17-7-3-4-11-20(17)27)26-22(23-15)25-19-10-5-9-18(14-19)24-16(2)28/h3-5,7,9-11,13-14H,6,8,12H2,1-2H3,(H,24,28)(H,23,25,26). The smallest absolute Gasteiger partial charge is 0.229 e. The Hall–Kier alpha value is -3.41. The molecule has 0 bridgehead atoms. The maximum Gasteiger partial charge on any atom is 0.229 e. The summed E-state index contributed by atoms with van der Waals surface area (Å²) >= 11 is 0. The zero-order valence-electron chi connectivity index (χ0n) is 16.1. The molecular weight excluding hydrogens is 350 g/mol. The highest BCUT2D eigenvalue weighted by molar-refractivity contribution is 5.89. The Labute approximate surface area is 164 Å². The molecule has 0 saturated heterocycles. The van der Waals surface area contributed by atoms with E-state index in [4.69, 9.17) is 4.98 Å². The van der Waals surface area contributed by atoms with Gasteiger partial charge < -0.3 is 15.5 Å². The van der Waals surface area contributed by atoms with Gasteiger partial charge in [-0.15, -0.1) is 0 Å². The van der Waals surface area contributed by atoms with E-state index in [1.165, 1.54) is 18.2 Å². The van der Waals surface area contributed by atoms with E-state index in [0.717, 1.165) is 42.3 Å². The van der Waals surface area contributed by atoms with Crippen LogP contribution in [0.15, 0.2) is 54.6 Å². The molecule has 28 heavy (non-hydrogen) atoms. The first-order valence-corrected chi connectivity index (χ1v) is 9.44. The maximum absolute atomic E-state index is 11.3. The maximum atomic E-state index is 11.3. The molecule has 1 aromatic heterocycles. The summed E-state index contributed by atoms with van der Waals surface area (Å²) < 4.78 is 0.